The molecule has 0 unspecified atom stereocenters. The van der Waals surface area contributed by atoms with E-state index in [0.29, 0.717) is 11.5 Å². The van der Waals surface area contributed by atoms with Crippen LogP contribution in [0.3, 0.4) is 0 Å². The highest BCUT2D eigenvalue weighted by atomic mass is 35.5. The SMILES string of the molecule is O=C(/C=C/c1ccc2c(c1)OCO2)C(Cl)Cl. The number of carbonyl (C=O) groups excluding carboxylic acids is 1. The Bertz CT molecular complexity index is 441. The molecule has 1 aromatic rings. The van der Waals surface area contributed by atoms with Crippen LogP contribution in [0.15, 0.2) is 24.3 Å². The zero-order valence-corrected chi connectivity index (χ0v) is 9.66. The molecule has 0 fully saturated rings. The van der Waals surface area contributed by atoms with Crippen LogP contribution >= 0.6 is 23.2 Å². The van der Waals surface area contributed by atoms with E-state index in [1.54, 1.807) is 18.2 Å². The lowest BCUT2D eigenvalue weighted by molar-refractivity contribution is -0.113. The van der Waals surface area contributed by atoms with Gasteiger partial charge in [-0.05, 0) is 23.8 Å². The summed E-state index contributed by atoms with van der Waals surface area (Å²) >= 11 is 10.8. The van der Waals surface area contributed by atoms with Crippen LogP contribution in [0.1, 0.15) is 5.56 Å². The number of allylic oxidation sites excluding steroid dienone is 1. The zero-order valence-electron chi connectivity index (χ0n) is 8.15. The van der Waals surface area contributed by atoms with Gasteiger partial charge in [-0.3, -0.25) is 4.79 Å². The van der Waals surface area contributed by atoms with Crippen LogP contribution in [0, 0.1) is 0 Å². The summed E-state index contributed by atoms with van der Waals surface area (Å²) in [5.41, 5.74) is 0.826. The summed E-state index contributed by atoms with van der Waals surface area (Å²) in [5, 5.41) is 0. The van der Waals surface area contributed by atoms with Gasteiger partial charge in [0, 0.05) is 0 Å². The van der Waals surface area contributed by atoms with Crippen molar-refractivity contribution in [2.45, 2.75) is 4.84 Å². The molecule has 0 aliphatic carbocycles. The third-order valence-electron chi connectivity index (χ3n) is 2.05. The first-order chi connectivity index (χ1) is 7.66. The zero-order chi connectivity index (χ0) is 11.5. The minimum absolute atomic E-state index is 0.229. The molecule has 1 aromatic carbocycles. The second-order valence-electron chi connectivity index (χ2n) is 3.15. The van der Waals surface area contributed by atoms with E-state index in [2.05, 4.69) is 0 Å². The Hall–Kier alpha value is -1.19. The maximum Gasteiger partial charge on any atom is 0.231 e. The van der Waals surface area contributed by atoms with Crippen molar-refractivity contribution in [1.82, 2.24) is 0 Å². The Morgan fingerprint density at radius 2 is 2.06 bits per heavy atom. The number of carbonyl (C=O) groups is 1. The van der Waals surface area contributed by atoms with Gasteiger partial charge >= 0.3 is 0 Å². The molecule has 5 heteroatoms. The largest absolute Gasteiger partial charge is 0.454 e. The van der Waals surface area contributed by atoms with Gasteiger partial charge in [-0.2, -0.15) is 0 Å². The van der Waals surface area contributed by atoms with E-state index < -0.39 is 4.84 Å². The monoisotopic (exact) mass is 258 g/mol. The number of ketones is 1. The third-order valence-corrected chi connectivity index (χ3v) is 2.48. The number of hydrogen-bond donors (Lipinski definition) is 0. The van der Waals surface area contributed by atoms with Crippen molar-refractivity contribution < 1.29 is 14.3 Å². The second-order valence-corrected chi connectivity index (χ2v) is 4.25. The normalized spacial score (nSPS) is 13.7. The molecular weight excluding hydrogens is 251 g/mol. The molecule has 2 rings (SSSR count). The maximum atomic E-state index is 11.1. The molecule has 0 spiro atoms. The van der Waals surface area contributed by atoms with Crippen molar-refractivity contribution in [3.8, 4) is 11.5 Å². The van der Waals surface area contributed by atoms with Gasteiger partial charge in [0.2, 0.25) is 6.79 Å². The minimum atomic E-state index is -1.02. The number of rotatable bonds is 3. The average Bonchev–Trinajstić information content (AvgIpc) is 2.72. The van der Waals surface area contributed by atoms with Gasteiger partial charge in [-0.1, -0.05) is 35.3 Å². The van der Waals surface area contributed by atoms with Crippen LogP contribution < -0.4 is 9.47 Å². The molecule has 0 amide bonds. The molecule has 0 radical (unpaired) electrons. The smallest absolute Gasteiger partial charge is 0.231 e. The lowest BCUT2D eigenvalue weighted by Gasteiger charge is -1.97. The van der Waals surface area contributed by atoms with E-state index in [1.165, 1.54) is 6.08 Å². The van der Waals surface area contributed by atoms with Crippen LogP contribution in [0.5, 0.6) is 11.5 Å². The minimum Gasteiger partial charge on any atom is -0.454 e. The van der Waals surface area contributed by atoms with Crippen molar-refractivity contribution >= 4 is 35.1 Å². The van der Waals surface area contributed by atoms with Crippen molar-refractivity contribution in [2.75, 3.05) is 6.79 Å². The third kappa shape index (κ3) is 2.49. The fourth-order valence-electron chi connectivity index (χ4n) is 1.27. The number of hydrogen-bond acceptors (Lipinski definition) is 3. The number of ether oxygens (including phenoxy) is 2. The number of halogens is 2. The standard InChI is InChI=1S/C11H8Cl2O3/c12-11(13)8(14)3-1-7-2-4-9-10(5-7)16-6-15-9/h1-5,11H,6H2/b3-1+. The van der Waals surface area contributed by atoms with E-state index in [9.17, 15) is 4.79 Å². The Balaban J connectivity index is 2.14. The first-order valence-electron chi connectivity index (χ1n) is 4.56. The Kier molecular flexibility index (Phi) is 3.36. The molecule has 0 N–H and O–H groups in total. The van der Waals surface area contributed by atoms with Gasteiger partial charge in [0.25, 0.3) is 0 Å². The molecule has 1 aliphatic heterocycles. The number of benzene rings is 1. The van der Waals surface area contributed by atoms with E-state index in [1.807, 2.05) is 6.07 Å². The van der Waals surface area contributed by atoms with Gasteiger partial charge in [0.1, 0.15) is 0 Å². The van der Waals surface area contributed by atoms with Crippen LogP contribution in [0.4, 0.5) is 0 Å². The van der Waals surface area contributed by atoms with E-state index in [-0.39, 0.29) is 12.6 Å². The van der Waals surface area contributed by atoms with Crippen molar-refractivity contribution in [2.24, 2.45) is 0 Å². The van der Waals surface area contributed by atoms with Gasteiger partial charge < -0.3 is 9.47 Å². The fourth-order valence-corrected chi connectivity index (χ4v) is 1.41. The molecule has 0 aromatic heterocycles. The lowest BCUT2D eigenvalue weighted by Crippen LogP contribution is -2.02. The highest BCUT2D eigenvalue weighted by Gasteiger charge is 2.12. The van der Waals surface area contributed by atoms with Crippen LogP contribution in [0.25, 0.3) is 6.08 Å². The Morgan fingerprint density at radius 1 is 1.31 bits per heavy atom. The predicted molar refractivity (Wildman–Crippen MR) is 62.1 cm³/mol. The molecule has 0 saturated carbocycles. The highest BCUT2D eigenvalue weighted by Crippen LogP contribution is 2.32. The fraction of sp³-hybridized carbons (Fsp3) is 0.182. The summed E-state index contributed by atoms with van der Waals surface area (Å²) in [6.07, 6.45) is 2.96. The molecule has 0 atom stereocenters. The van der Waals surface area contributed by atoms with E-state index in [4.69, 9.17) is 32.7 Å². The van der Waals surface area contributed by atoms with E-state index >= 15 is 0 Å². The Labute approximate surface area is 103 Å². The number of alkyl halides is 2. The summed E-state index contributed by atoms with van der Waals surface area (Å²) in [7, 11) is 0. The molecule has 16 heavy (non-hydrogen) atoms. The van der Waals surface area contributed by atoms with Gasteiger partial charge in [0.05, 0.1) is 0 Å². The lowest BCUT2D eigenvalue weighted by atomic mass is 10.2. The molecular formula is C11H8Cl2O3. The first kappa shape index (κ1) is 11.3. The maximum absolute atomic E-state index is 11.1. The van der Waals surface area contributed by atoms with Crippen molar-refractivity contribution in [1.29, 1.82) is 0 Å². The predicted octanol–water partition coefficient (Wildman–Crippen LogP) is 2.80. The van der Waals surface area contributed by atoms with Crippen molar-refractivity contribution in [3.05, 3.63) is 29.8 Å². The van der Waals surface area contributed by atoms with E-state index in [0.717, 1.165) is 5.56 Å². The summed E-state index contributed by atoms with van der Waals surface area (Å²) < 4.78 is 10.4. The summed E-state index contributed by atoms with van der Waals surface area (Å²) in [4.78, 5) is 10.1. The van der Waals surface area contributed by atoms with Gasteiger partial charge in [-0.25, -0.2) is 0 Å². The summed E-state index contributed by atoms with van der Waals surface area (Å²) in [6.45, 7) is 0.229. The number of fused-ring (bicyclic) bond motifs is 1. The Morgan fingerprint density at radius 3 is 2.81 bits per heavy atom. The van der Waals surface area contributed by atoms with Gasteiger partial charge in [0.15, 0.2) is 22.1 Å². The average molecular weight is 259 g/mol. The van der Waals surface area contributed by atoms with Crippen LogP contribution in [0.2, 0.25) is 0 Å². The molecule has 0 saturated heterocycles. The quantitative estimate of drug-likeness (QED) is 0.618. The molecule has 1 heterocycles. The summed E-state index contributed by atoms with van der Waals surface area (Å²) in [6, 6.07) is 5.38. The molecule has 0 bridgehead atoms. The van der Waals surface area contributed by atoms with Crippen LogP contribution in [-0.4, -0.2) is 17.4 Å². The van der Waals surface area contributed by atoms with Gasteiger partial charge in [-0.15, -0.1) is 0 Å². The molecule has 1 aliphatic rings. The topological polar surface area (TPSA) is 35.5 Å². The second kappa shape index (κ2) is 4.76. The molecule has 84 valence electrons. The van der Waals surface area contributed by atoms with Crippen LogP contribution in [-0.2, 0) is 4.79 Å². The first-order valence-corrected chi connectivity index (χ1v) is 5.44. The summed E-state index contributed by atoms with van der Waals surface area (Å²) in [5.74, 6) is 1.03. The van der Waals surface area contributed by atoms with Crippen molar-refractivity contribution in [3.63, 3.8) is 0 Å². The molecule has 3 nitrogen and oxygen atoms in total. The highest BCUT2D eigenvalue weighted by molar-refractivity contribution is 6.55.